The van der Waals surface area contributed by atoms with Gasteiger partial charge < -0.3 is 5.32 Å². The van der Waals surface area contributed by atoms with Gasteiger partial charge in [0.05, 0.1) is 22.9 Å². The molecular weight excluding hydrogens is 462 g/mol. The van der Waals surface area contributed by atoms with E-state index in [-0.39, 0.29) is 23.3 Å². The van der Waals surface area contributed by atoms with Gasteiger partial charge in [-0.1, -0.05) is 67.2 Å². The topological polar surface area (TPSA) is 64.0 Å². The van der Waals surface area contributed by atoms with Crippen molar-refractivity contribution in [1.29, 1.82) is 0 Å². The molecule has 0 aliphatic heterocycles. The molecule has 0 saturated heterocycles. The number of rotatable bonds is 6. The molecule has 0 radical (unpaired) electrons. The van der Waals surface area contributed by atoms with E-state index in [0.29, 0.717) is 11.1 Å². The number of carbonyl (C=O) groups excluding carboxylic acids is 1. The third-order valence-electron chi connectivity index (χ3n) is 6.32. The van der Waals surface area contributed by atoms with Crippen molar-refractivity contribution in [2.24, 2.45) is 5.92 Å². The van der Waals surface area contributed by atoms with Crippen molar-refractivity contribution in [3.8, 4) is 5.69 Å². The zero-order valence-corrected chi connectivity index (χ0v) is 20.9. The number of amides is 1. The molecule has 174 valence electrons. The summed E-state index contributed by atoms with van der Waals surface area (Å²) in [5, 5.41) is 4.36. The number of benzene rings is 2. The summed E-state index contributed by atoms with van der Waals surface area (Å²) >= 11 is 2.95. The van der Waals surface area contributed by atoms with Crippen LogP contribution in [0.25, 0.3) is 15.9 Å². The molecule has 2 atom stereocenters. The summed E-state index contributed by atoms with van der Waals surface area (Å²) in [6.07, 6.45) is 3.03. The molecule has 2 aromatic heterocycles. The third kappa shape index (κ3) is 4.55. The summed E-state index contributed by atoms with van der Waals surface area (Å²) in [4.78, 5) is 33.5. The van der Waals surface area contributed by atoms with Crippen LogP contribution in [0.3, 0.4) is 0 Å². The van der Waals surface area contributed by atoms with Gasteiger partial charge in [0.1, 0.15) is 4.83 Å². The van der Waals surface area contributed by atoms with Crippen molar-refractivity contribution in [1.82, 2.24) is 14.9 Å². The van der Waals surface area contributed by atoms with E-state index in [9.17, 15) is 9.59 Å². The van der Waals surface area contributed by atoms with E-state index in [1.165, 1.54) is 22.2 Å². The number of thioether (sulfide) groups is 1. The van der Waals surface area contributed by atoms with Crippen LogP contribution in [0.5, 0.6) is 0 Å². The molecule has 2 unspecified atom stereocenters. The first-order valence-corrected chi connectivity index (χ1v) is 13.4. The van der Waals surface area contributed by atoms with Crippen molar-refractivity contribution in [3.05, 3.63) is 87.0 Å². The van der Waals surface area contributed by atoms with E-state index < -0.39 is 0 Å². The summed E-state index contributed by atoms with van der Waals surface area (Å²) in [6, 6.07) is 19.4. The molecule has 2 aromatic carbocycles. The van der Waals surface area contributed by atoms with Crippen LogP contribution in [-0.4, -0.2) is 21.2 Å². The molecule has 2 heterocycles. The standard InChI is InChI=1S/C27H27N3O2S2/c1-17-13-14-21-22(15-17)34-25-24(21)26(32)30(20-11-7-4-8-12-20)27(29-25)33-16-23(31)28-18(2)19-9-5-3-6-10-19/h3-12,17-18H,13-16H2,1-2H3,(H,28,31). The maximum absolute atomic E-state index is 13.8. The fourth-order valence-corrected chi connectivity index (χ4v) is 6.76. The highest BCUT2D eigenvalue weighted by Gasteiger charge is 2.25. The molecule has 1 N–H and O–H groups in total. The van der Waals surface area contributed by atoms with E-state index in [1.54, 1.807) is 15.9 Å². The fourth-order valence-electron chi connectivity index (χ4n) is 4.51. The SMILES string of the molecule is CC1CCc2c(sc3nc(SCC(=O)NC(C)c4ccccc4)n(-c4ccccc4)c(=O)c23)C1. The molecule has 0 spiro atoms. The number of hydrogen-bond acceptors (Lipinski definition) is 5. The summed E-state index contributed by atoms with van der Waals surface area (Å²) in [5.41, 5.74) is 2.96. The second-order valence-electron chi connectivity index (χ2n) is 8.89. The smallest absolute Gasteiger partial charge is 0.267 e. The first kappa shape index (κ1) is 22.9. The molecule has 7 heteroatoms. The Morgan fingerprint density at radius 1 is 1.18 bits per heavy atom. The van der Waals surface area contributed by atoms with Gasteiger partial charge in [-0.15, -0.1) is 11.3 Å². The third-order valence-corrected chi connectivity index (χ3v) is 8.41. The molecular formula is C27H27N3O2S2. The van der Waals surface area contributed by atoms with Crippen molar-refractivity contribution in [2.75, 3.05) is 5.75 Å². The minimum atomic E-state index is -0.0907. The Balaban J connectivity index is 1.47. The Bertz CT molecular complexity index is 1380. The second kappa shape index (κ2) is 9.76. The van der Waals surface area contributed by atoms with Crippen LogP contribution in [0.2, 0.25) is 0 Å². The lowest BCUT2D eigenvalue weighted by molar-refractivity contribution is -0.119. The Labute approximate surface area is 207 Å². The zero-order chi connectivity index (χ0) is 23.7. The minimum Gasteiger partial charge on any atom is -0.349 e. The number of hydrogen-bond donors (Lipinski definition) is 1. The average Bonchev–Trinajstić information content (AvgIpc) is 3.21. The molecule has 1 aliphatic carbocycles. The van der Waals surface area contributed by atoms with E-state index in [4.69, 9.17) is 4.98 Å². The zero-order valence-electron chi connectivity index (χ0n) is 19.3. The first-order chi connectivity index (χ1) is 16.5. The summed E-state index contributed by atoms with van der Waals surface area (Å²) in [6.45, 7) is 4.23. The maximum Gasteiger partial charge on any atom is 0.267 e. The fraction of sp³-hybridized carbons (Fsp3) is 0.296. The highest BCUT2D eigenvalue weighted by atomic mass is 32.2. The van der Waals surface area contributed by atoms with Crippen LogP contribution >= 0.6 is 23.1 Å². The Hall–Kier alpha value is -2.90. The largest absolute Gasteiger partial charge is 0.349 e. The Morgan fingerprint density at radius 2 is 1.88 bits per heavy atom. The van der Waals surface area contributed by atoms with Crippen molar-refractivity contribution >= 4 is 39.2 Å². The predicted molar refractivity (Wildman–Crippen MR) is 140 cm³/mol. The summed E-state index contributed by atoms with van der Waals surface area (Å²) in [5.74, 6) is 0.722. The lowest BCUT2D eigenvalue weighted by Gasteiger charge is -2.18. The molecule has 1 amide bonds. The van der Waals surface area contributed by atoms with Gasteiger partial charge in [-0.2, -0.15) is 0 Å². The molecule has 0 bridgehead atoms. The number of para-hydroxylation sites is 1. The van der Waals surface area contributed by atoms with E-state index in [1.807, 2.05) is 67.6 Å². The van der Waals surface area contributed by atoms with Crippen LogP contribution in [-0.2, 0) is 17.6 Å². The van der Waals surface area contributed by atoms with E-state index in [0.717, 1.165) is 40.7 Å². The molecule has 4 aromatic rings. The van der Waals surface area contributed by atoms with Crippen LogP contribution in [0.4, 0.5) is 0 Å². The lowest BCUT2D eigenvalue weighted by atomic mass is 9.89. The highest BCUT2D eigenvalue weighted by Crippen LogP contribution is 2.37. The average molecular weight is 490 g/mol. The van der Waals surface area contributed by atoms with Gasteiger partial charge in [0.2, 0.25) is 5.91 Å². The van der Waals surface area contributed by atoms with Crippen molar-refractivity contribution in [3.63, 3.8) is 0 Å². The predicted octanol–water partition coefficient (Wildman–Crippen LogP) is 5.54. The molecule has 34 heavy (non-hydrogen) atoms. The van der Waals surface area contributed by atoms with Gasteiger partial charge in [0, 0.05) is 4.88 Å². The van der Waals surface area contributed by atoms with Gasteiger partial charge in [0.15, 0.2) is 5.16 Å². The lowest BCUT2D eigenvalue weighted by Crippen LogP contribution is -2.29. The van der Waals surface area contributed by atoms with Crippen LogP contribution in [0, 0.1) is 5.92 Å². The van der Waals surface area contributed by atoms with Gasteiger partial charge in [-0.05, 0) is 55.4 Å². The molecule has 5 rings (SSSR count). The molecule has 0 fully saturated rings. The number of aromatic nitrogens is 2. The summed E-state index contributed by atoms with van der Waals surface area (Å²) in [7, 11) is 0. The van der Waals surface area contributed by atoms with Gasteiger partial charge in [0.25, 0.3) is 5.56 Å². The first-order valence-electron chi connectivity index (χ1n) is 11.6. The van der Waals surface area contributed by atoms with Gasteiger partial charge in [-0.25, -0.2) is 4.98 Å². The molecule has 1 aliphatic rings. The van der Waals surface area contributed by atoms with Gasteiger partial charge >= 0.3 is 0 Å². The summed E-state index contributed by atoms with van der Waals surface area (Å²) < 4.78 is 1.67. The second-order valence-corrected chi connectivity index (χ2v) is 10.9. The number of thiophene rings is 1. The van der Waals surface area contributed by atoms with Crippen LogP contribution < -0.4 is 10.9 Å². The molecule has 5 nitrogen and oxygen atoms in total. The van der Waals surface area contributed by atoms with Crippen LogP contribution in [0.1, 0.15) is 42.3 Å². The number of fused-ring (bicyclic) bond motifs is 3. The number of carbonyl (C=O) groups is 1. The minimum absolute atomic E-state index is 0.0381. The highest BCUT2D eigenvalue weighted by molar-refractivity contribution is 7.99. The van der Waals surface area contributed by atoms with E-state index in [2.05, 4.69) is 12.2 Å². The molecule has 0 saturated carbocycles. The number of aryl methyl sites for hydroxylation is 1. The monoisotopic (exact) mass is 489 g/mol. The normalized spacial score (nSPS) is 16.2. The maximum atomic E-state index is 13.8. The van der Waals surface area contributed by atoms with Crippen molar-refractivity contribution in [2.45, 2.75) is 44.3 Å². The number of nitrogens with one attached hydrogen (secondary N) is 1. The number of nitrogens with zero attached hydrogens (tertiary/aromatic N) is 2. The van der Waals surface area contributed by atoms with Gasteiger partial charge in [-0.3, -0.25) is 14.2 Å². The Kier molecular flexibility index (Phi) is 6.57. The van der Waals surface area contributed by atoms with E-state index >= 15 is 0 Å². The Morgan fingerprint density at radius 3 is 2.62 bits per heavy atom. The van der Waals surface area contributed by atoms with Crippen molar-refractivity contribution < 1.29 is 4.79 Å². The quantitative estimate of drug-likeness (QED) is 0.285. The van der Waals surface area contributed by atoms with Crippen LogP contribution in [0.15, 0.2) is 70.6 Å².